The molecule has 1 aromatic rings. The van der Waals surface area contributed by atoms with Crippen LogP contribution in [0.3, 0.4) is 0 Å². The molecule has 0 spiro atoms. The van der Waals surface area contributed by atoms with Crippen molar-refractivity contribution in [2.75, 3.05) is 25.1 Å². The van der Waals surface area contributed by atoms with Crippen LogP contribution in [0.4, 0.5) is 5.69 Å². The van der Waals surface area contributed by atoms with Crippen LogP contribution >= 0.6 is 0 Å². The molecule has 1 atom stereocenters. The van der Waals surface area contributed by atoms with Crippen LogP contribution in [0.5, 0.6) is 5.75 Å². The van der Waals surface area contributed by atoms with Crippen molar-refractivity contribution >= 4 is 5.69 Å². The molecule has 1 saturated heterocycles. The fraction of sp³-hybridized carbons (Fsp3) is 0.647. The van der Waals surface area contributed by atoms with E-state index in [2.05, 4.69) is 43.9 Å². The molecule has 1 heterocycles. The van der Waals surface area contributed by atoms with E-state index in [1.54, 1.807) is 7.11 Å². The van der Waals surface area contributed by atoms with E-state index in [0.717, 1.165) is 30.8 Å². The maximum atomic E-state index is 10.3. The van der Waals surface area contributed by atoms with E-state index >= 15 is 0 Å². The summed E-state index contributed by atoms with van der Waals surface area (Å²) < 4.78 is 5.58. The number of benzene rings is 1. The van der Waals surface area contributed by atoms with Crippen molar-refractivity contribution in [1.29, 1.82) is 0 Å². The minimum absolute atomic E-state index is 0.110. The number of β-amino-alcohol motifs (C(OH)–C–C–N with tert-alkyl or cyclic N) is 1. The molecule has 2 rings (SSSR count). The second kappa shape index (κ2) is 5.28. The molecular formula is C17H27NO2. The van der Waals surface area contributed by atoms with Gasteiger partial charge in [-0.25, -0.2) is 0 Å². The summed E-state index contributed by atoms with van der Waals surface area (Å²) in [5.41, 5.74) is 1.85. The Labute approximate surface area is 122 Å². The lowest BCUT2D eigenvalue weighted by atomic mass is 9.86. The molecule has 0 radical (unpaired) electrons. The Bertz CT molecular complexity index is 474. The van der Waals surface area contributed by atoms with Gasteiger partial charge in [0.1, 0.15) is 5.75 Å². The highest BCUT2D eigenvalue weighted by molar-refractivity contribution is 5.61. The Morgan fingerprint density at radius 3 is 2.55 bits per heavy atom. The molecular weight excluding hydrogens is 250 g/mol. The molecule has 0 aliphatic carbocycles. The van der Waals surface area contributed by atoms with Crippen LogP contribution in [-0.2, 0) is 5.41 Å². The fourth-order valence-corrected chi connectivity index (χ4v) is 2.83. The lowest BCUT2D eigenvalue weighted by molar-refractivity contribution is 0.0448. The molecule has 3 heteroatoms. The number of methoxy groups -OCH3 is 1. The Kier molecular flexibility index (Phi) is 4.01. The molecule has 20 heavy (non-hydrogen) atoms. The number of aliphatic hydroxyl groups is 1. The first-order valence-corrected chi connectivity index (χ1v) is 7.39. The van der Waals surface area contributed by atoms with Crippen LogP contribution in [0.2, 0.25) is 0 Å². The molecule has 3 nitrogen and oxygen atoms in total. The lowest BCUT2D eigenvalue weighted by Crippen LogP contribution is -2.46. The quantitative estimate of drug-likeness (QED) is 0.900. The predicted molar refractivity (Wildman–Crippen MR) is 83.8 cm³/mol. The third kappa shape index (κ3) is 3.26. The van der Waals surface area contributed by atoms with E-state index in [1.165, 1.54) is 5.56 Å². The van der Waals surface area contributed by atoms with E-state index in [4.69, 9.17) is 4.74 Å². The van der Waals surface area contributed by atoms with Crippen LogP contribution < -0.4 is 9.64 Å². The van der Waals surface area contributed by atoms with E-state index in [9.17, 15) is 5.11 Å². The molecule has 1 aromatic carbocycles. The van der Waals surface area contributed by atoms with Crippen LogP contribution in [0.1, 0.15) is 46.1 Å². The van der Waals surface area contributed by atoms with Crippen molar-refractivity contribution in [2.24, 2.45) is 0 Å². The number of hydrogen-bond acceptors (Lipinski definition) is 3. The first kappa shape index (κ1) is 15.2. The van der Waals surface area contributed by atoms with Crippen LogP contribution in [-0.4, -0.2) is 30.9 Å². The van der Waals surface area contributed by atoms with Crippen LogP contribution in [0, 0.1) is 0 Å². The first-order valence-electron chi connectivity index (χ1n) is 7.39. The highest BCUT2D eigenvalue weighted by Crippen LogP contribution is 2.36. The number of ether oxygens (including phenoxy) is 1. The molecule has 1 N–H and O–H groups in total. The van der Waals surface area contributed by atoms with Crippen molar-refractivity contribution in [2.45, 2.75) is 51.6 Å². The number of anilines is 1. The zero-order valence-corrected chi connectivity index (χ0v) is 13.4. The van der Waals surface area contributed by atoms with E-state index < -0.39 is 5.60 Å². The summed E-state index contributed by atoms with van der Waals surface area (Å²) in [4.78, 5) is 2.23. The van der Waals surface area contributed by atoms with Gasteiger partial charge in [0.2, 0.25) is 0 Å². The van der Waals surface area contributed by atoms with Crippen molar-refractivity contribution in [1.82, 2.24) is 0 Å². The van der Waals surface area contributed by atoms with Gasteiger partial charge >= 0.3 is 0 Å². The molecule has 0 bridgehead atoms. The Morgan fingerprint density at radius 2 is 2.00 bits per heavy atom. The summed E-state index contributed by atoms with van der Waals surface area (Å²) in [7, 11) is 1.72. The van der Waals surface area contributed by atoms with Gasteiger partial charge in [-0.3, -0.25) is 0 Å². The molecule has 0 saturated carbocycles. The Morgan fingerprint density at radius 1 is 1.30 bits per heavy atom. The zero-order chi connectivity index (χ0) is 15.0. The highest BCUT2D eigenvalue weighted by atomic mass is 16.5. The minimum atomic E-state index is -0.605. The SMILES string of the molecule is COc1cc(C(C)(C)C)ccc1N1CCCC(C)(O)C1. The van der Waals surface area contributed by atoms with Gasteiger partial charge < -0.3 is 14.7 Å². The summed E-state index contributed by atoms with van der Waals surface area (Å²) in [6.45, 7) is 10.2. The summed E-state index contributed by atoms with van der Waals surface area (Å²) in [6.07, 6.45) is 1.88. The zero-order valence-electron chi connectivity index (χ0n) is 13.4. The minimum Gasteiger partial charge on any atom is -0.495 e. The van der Waals surface area contributed by atoms with Crippen molar-refractivity contribution < 1.29 is 9.84 Å². The molecule has 1 aliphatic rings. The van der Waals surface area contributed by atoms with Crippen LogP contribution in [0.25, 0.3) is 0 Å². The number of piperidine rings is 1. The maximum absolute atomic E-state index is 10.3. The van der Waals surface area contributed by atoms with Gasteiger partial charge in [0.25, 0.3) is 0 Å². The van der Waals surface area contributed by atoms with E-state index in [-0.39, 0.29) is 5.41 Å². The van der Waals surface area contributed by atoms with Gasteiger partial charge in [-0.15, -0.1) is 0 Å². The number of rotatable bonds is 2. The predicted octanol–water partition coefficient (Wildman–Crippen LogP) is 3.34. The normalized spacial score (nSPS) is 23.8. The largest absolute Gasteiger partial charge is 0.495 e. The fourth-order valence-electron chi connectivity index (χ4n) is 2.83. The average Bonchev–Trinajstić information content (AvgIpc) is 2.35. The van der Waals surface area contributed by atoms with Gasteiger partial charge in [0.15, 0.2) is 0 Å². The highest BCUT2D eigenvalue weighted by Gasteiger charge is 2.30. The van der Waals surface area contributed by atoms with Gasteiger partial charge in [-0.1, -0.05) is 26.8 Å². The Balaban J connectivity index is 2.32. The van der Waals surface area contributed by atoms with Crippen molar-refractivity contribution in [3.63, 3.8) is 0 Å². The summed E-state index contributed by atoms with van der Waals surface area (Å²) in [5, 5.41) is 10.3. The van der Waals surface area contributed by atoms with Gasteiger partial charge in [0.05, 0.1) is 18.4 Å². The maximum Gasteiger partial charge on any atom is 0.142 e. The third-order valence-electron chi connectivity index (χ3n) is 4.06. The molecule has 112 valence electrons. The lowest BCUT2D eigenvalue weighted by Gasteiger charge is -2.39. The average molecular weight is 277 g/mol. The second-order valence-corrected chi connectivity index (χ2v) is 7.16. The molecule has 1 unspecified atom stereocenters. The second-order valence-electron chi connectivity index (χ2n) is 7.16. The number of nitrogens with zero attached hydrogens (tertiary/aromatic N) is 1. The molecule has 0 aromatic heterocycles. The molecule has 0 amide bonds. The van der Waals surface area contributed by atoms with Crippen molar-refractivity contribution in [3.05, 3.63) is 23.8 Å². The standard InChI is InChI=1S/C17H27NO2/c1-16(2,3)13-7-8-14(15(11-13)20-5)18-10-6-9-17(4,19)12-18/h7-8,11,19H,6,9-10,12H2,1-5H3. The Hall–Kier alpha value is -1.22. The van der Waals surface area contributed by atoms with Gasteiger partial charge in [0, 0.05) is 13.1 Å². The first-order chi connectivity index (χ1) is 9.23. The van der Waals surface area contributed by atoms with E-state index in [0.29, 0.717) is 6.54 Å². The smallest absolute Gasteiger partial charge is 0.142 e. The third-order valence-corrected chi connectivity index (χ3v) is 4.06. The van der Waals surface area contributed by atoms with Gasteiger partial charge in [-0.05, 0) is 42.9 Å². The summed E-state index contributed by atoms with van der Waals surface area (Å²) in [6, 6.07) is 6.42. The van der Waals surface area contributed by atoms with Crippen LogP contribution in [0.15, 0.2) is 18.2 Å². The number of hydrogen-bond donors (Lipinski definition) is 1. The van der Waals surface area contributed by atoms with Gasteiger partial charge in [-0.2, -0.15) is 0 Å². The summed E-state index contributed by atoms with van der Waals surface area (Å²) >= 11 is 0. The summed E-state index contributed by atoms with van der Waals surface area (Å²) in [5.74, 6) is 0.898. The monoisotopic (exact) mass is 277 g/mol. The molecule has 1 fully saturated rings. The molecule has 1 aliphatic heterocycles. The van der Waals surface area contributed by atoms with Crippen molar-refractivity contribution in [3.8, 4) is 5.75 Å². The topological polar surface area (TPSA) is 32.7 Å². The van der Waals surface area contributed by atoms with E-state index in [1.807, 2.05) is 6.92 Å².